The summed E-state index contributed by atoms with van der Waals surface area (Å²) in [7, 11) is 2.09. The Morgan fingerprint density at radius 2 is 2.41 bits per heavy atom. The molecule has 0 amide bonds. The average Bonchev–Trinajstić information content (AvgIpc) is 2.28. The number of anilines is 1. The van der Waals surface area contributed by atoms with E-state index < -0.39 is 0 Å². The Kier molecular flexibility index (Phi) is 4.45. The van der Waals surface area contributed by atoms with E-state index in [1.807, 2.05) is 0 Å². The van der Waals surface area contributed by atoms with Crippen molar-refractivity contribution in [2.45, 2.75) is 6.10 Å². The van der Waals surface area contributed by atoms with Gasteiger partial charge in [0.1, 0.15) is 5.82 Å². The molecule has 0 radical (unpaired) electrons. The van der Waals surface area contributed by atoms with Crippen LogP contribution in [0.4, 0.5) is 5.82 Å². The average molecular weight is 276 g/mol. The van der Waals surface area contributed by atoms with E-state index in [0.717, 1.165) is 19.7 Å². The molecule has 1 unspecified atom stereocenters. The highest BCUT2D eigenvalue weighted by Gasteiger charge is 2.17. The lowest BCUT2D eigenvalue weighted by atomic mass is 10.3. The predicted octanol–water partition coefficient (Wildman–Crippen LogP) is 2.13. The Bertz CT molecular complexity index is 389. The van der Waals surface area contributed by atoms with Crippen molar-refractivity contribution in [3.63, 3.8) is 0 Å². The molecular weight excluding hydrogens is 261 g/mol. The minimum atomic E-state index is 0.169. The summed E-state index contributed by atoms with van der Waals surface area (Å²) in [4.78, 5) is 6.38. The van der Waals surface area contributed by atoms with Crippen molar-refractivity contribution in [2.24, 2.45) is 0 Å². The lowest BCUT2D eigenvalue weighted by Crippen LogP contribution is -2.43. The summed E-state index contributed by atoms with van der Waals surface area (Å²) in [5.41, 5.74) is 0. The summed E-state index contributed by atoms with van der Waals surface area (Å²) >= 11 is 11.8. The summed E-state index contributed by atoms with van der Waals surface area (Å²) in [6.07, 6.45) is 1.74. The lowest BCUT2D eigenvalue weighted by Gasteiger charge is -2.30. The topological polar surface area (TPSA) is 37.4 Å². The fourth-order valence-corrected chi connectivity index (χ4v) is 2.19. The third-order valence-electron chi connectivity index (χ3n) is 2.65. The molecule has 0 aromatic carbocycles. The first kappa shape index (κ1) is 12.9. The van der Waals surface area contributed by atoms with Crippen molar-refractivity contribution in [1.82, 2.24) is 9.88 Å². The van der Waals surface area contributed by atoms with Crippen LogP contribution in [-0.4, -0.2) is 49.3 Å². The molecule has 1 atom stereocenters. The van der Waals surface area contributed by atoms with Crippen LogP contribution in [0.25, 0.3) is 0 Å². The molecular formula is C11H15Cl2N3O. The highest BCUT2D eigenvalue weighted by atomic mass is 35.5. The maximum absolute atomic E-state index is 6.02. The van der Waals surface area contributed by atoms with Crippen LogP contribution in [0.2, 0.25) is 10.0 Å². The van der Waals surface area contributed by atoms with Crippen LogP contribution in [0.15, 0.2) is 12.3 Å². The number of nitrogens with zero attached hydrogens (tertiary/aromatic N) is 2. The van der Waals surface area contributed by atoms with Gasteiger partial charge in [-0.25, -0.2) is 4.98 Å². The van der Waals surface area contributed by atoms with E-state index in [9.17, 15) is 0 Å². The van der Waals surface area contributed by atoms with Crippen LogP contribution >= 0.6 is 23.2 Å². The Hall–Kier alpha value is -0.550. The number of hydrogen-bond acceptors (Lipinski definition) is 4. The van der Waals surface area contributed by atoms with E-state index in [1.54, 1.807) is 12.3 Å². The summed E-state index contributed by atoms with van der Waals surface area (Å²) in [6.45, 7) is 3.36. The first-order chi connectivity index (χ1) is 8.15. The molecule has 1 aromatic heterocycles. The highest BCUT2D eigenvalue weighted by Crippen LogP contribution is 2.22. The lowest BCUT2D eigenvalue weighted by molar-refractivity contribution is -0.0117. The molecule has 0 saturated carbocycles. The molecule has 1 fully saturated rings. The number of hydrogen-bond donors (Lipinski definition) is 1. The molecule has 4 nitrogen and oxygen atoms in total. The van der Waals surface area contributed by atoms with Crippen LogP contribution < -0.4 is 5.32 Å². The number of likely N-dealkylation sites (N-methyl/N-ethyl adjacent to an activating group) is 1. The largest absolute Gasteiger partial charge is 0.374 e. The van der Waals surface area contributed by atoms with Gasteiger partial charge in [-0.2, -0.15) is 0 Å². The van der Waals surface area contributed by atoms with Crippen LogP contribution in [0.3, 0.4) is 0 Å². The molecule has 1 aliphatic rings. The number of aromatic nitrogens is 1. The van der Waals surface area contributed by atoms with Crippen molar-refractivity contribution in [2.75, 3.05) is 38.6 Å². The van der Waals surface area contributed by atoms with Crippen LogP contribution in [0, 0.1) is 0 Å². The molecule has 0 spiro atoms. The van der Waals surface area contributed by atoms with Gasteiger partial charge in [-0.3, -0.25) is 0 Å². The fourth-order valence-electron chi connectivity index (χ4n) is 1.75. The number of nitrogens with one attached hydrogen (secondary N) is 1. The molecule has 1 saturated heterocycles. The third-order valence-corrected chi connectivity index (χ3v) is 3.14. The summed E-state index contributed by atoms with van der Waals surface area (Å²) in [5.74, 6) is 0.646. The maximum Gasteiger partial charge on any atom is 0.144 e. The second kappa shape index (κ2) is 5.87. The molecule has 2 rings (SSSR count). The van der Waals surface area contributed by atoms with Gasteiger partial charge in [-0.15, -0.1) is 0 Å². The van der Waals surface area contributed by atoms with Gasteiger partial charge in [0.25, 0.3) is 0 Å². The zero-order chi connectivity index (χ0) is 12.3. The molecule has 94 valence electrons. The Morgan fingerprint density at radius 3 is 3.12 bits per heavy atom. The Labute approximate surface area is 111 Å². The van der Waals surface area contributed by atoms with E-state index in [2.05, 4.69) is 22.2 Å². The van der Waals surface area contributed by atoms with E-state index in [0.29, 0.717) is 22.4 Å². The third kappa shape index (κ3) is 3.71. The summed E-state index contributed by atoms with van der Waals surface area (Å²) in [5, 5.41) is 4.24. The predicted molar refractivity (Wildman–Crippen MR) is 70.0 cm³/mol. The number of pyridine rings is 1. The van der Waals surface area contributed by atoms with Gasteiger partial charge < -0.3 is 15.0 Å². The van der Waals surface area contributed by atoms with E-state index in [-0.39, 0.29) is 6.10 Å². The number of morpholine rings is 1. The number of rotatable bonds is 3. The first-order valence-corrected chi connectivity index (χ1v) is 6.26. The van der Waals surface area contributed by atoms with E-state index >= 15 is 0 Å². The minimum Gasteiger partial charge on any atom is -0.374 e. The van der Waals surface area contributed by atoms with Crippen molar-refractivity contribution in [3.8, 4) is 0 Å². The fraction of sp³-hybridized carbons (Fsp3) is 0.545. The summed E-state index contributed by atoms with van der Waals surface area (Å²) < 4.78 is 5.63. The van der Waals surface area contributed by atoms with Crippen LogP contribution in [-0.2, 0) is 4.74 Å². The normalized spacial score (nSPS) is 21.5. The monoisotopic (exact) mass is 275 g/mol. The Morgan fingerprint density at radius 1 is 1.59 bits per heavy atom. The first-order valence-electron chi connectivity index (χ1n) is 5.50. The quantitative estimate of drug-likeness (QED) is 0.917. The zero-order valence-electron chi connectivity index (χ0n) is 9.62. The van der Waals surface area contributed by atoms with Crippen molar-refractivity contribution in [3.05, 3.63) is 22.3 Å². The van der Waals surface area contributed by atoms with Gasteiger partial charge in [-0.05, 0) is 13.1 Å². The van der Waals surface area contributed by atoms with Gasteiger partial charge in [0.2, 0.25) is 0 Å². The van der Waals surface area contributed by atoms with Gasteiger partial charge in [0, 0.05) is 25.8 Å². The van der Waals surface area contributed by atoms with Gasteiger partial charge >= 0.3 is 0 Å². The number of halogens is 2. The number of ether oxygens (including phenoxy) is 1. The molecule has 1 aromatic rings. The van der Waals surface area contributed by atoms with Gasteiger partial charge in [0.05, 0.1) is 22.8 Å². The van der Waals surface area contributed by atoms with E-state index in [4.69, 9.17) is 27.9 Å². The summed E-state index contributed by atoms with van der Waals surface area (Å²) in [6, 6.07) is 1.67. The molecule has 0 bridgehead atoms. The van der Waals surface area contributed by atoms with Crippen molar-refractivity contribution >= 4 is 29.0 Å². The van der Waals surface area contributed by atoms with Crippen LogP contribution in [0.1, 0.15) is 0 Å². The molecule has 2 heterocycles. The highest BCUT2D eigenvalue weighted by molar-refractivity contribution is 6.35. The Balaban J connectivity index is 1.88. The van der Waals surface area contributed by atoms with Crippen molar-refractivity contribution < 1.29 is 4.74 Å². The second-order valence-corrected chi connectivity index (χ2v) is 4.96. The maximum atomic E-state index is 6.02. The second-order valence-electron chi connectivity index (χ2n) is 4.12. The van der Waals surface area contributed by atoms with Gasteiger partial charge in [-0.1, -0.05) is 23.2 Å². The SMILES string of the molecule is CN1CCOC(CNc2ncc(Cl)cc2Cl)C1. The van der Waals surface area contributed by atoms with Crippen molar-refractivity contribution in [1.29, 1.82) is 0 Å². The molecule has 1 N–H and O–H groups in total. The van der Waals surface area contributed by atoms with Crippen LogP contribution in [0.5, 0.6) is 0 Å². The zero-order valence-corrected chi connectivity index (χ0v) is 11.1. The molecule has 1 aliphatic heterocycles. The molecule has 6 heteroatoms. The molecule has 17 heavy (non-hydrogen) atoms. The molecule has 0 aliphatic carbocycles. The standard InChI is InChI=1S/C11H15Cl2N3O/c1-16-2-3-17-9(7-16)6-15-11-10(13)4-8(12)5-14-11/h4-5,9H,2-3,6-7H2,1H3,(H,14,15). The van der Waals surface area contributed by atoms with Gasteiger partial charge in [0.15, 0.2) is 0 Å². The smallest absolute Gasteiger partial charge is 0.144 e. The van der Waals surface area contributed by atoms with E-state index in [1.165, 1.54) is 0 Å². The minimum absolute atomic E-state index is 0.169.